The van der Waals surface area contributed by atoms with Crippen molar-refractivity contribution in [3.05, 3.63) is 65.0 Å². The minimum atomic E-state index is -0.431. The maximum absolute atomic E-state index is 12.8. The third-order valence-corrected chi connectivity index (χ3v) is 5.25. The Labute approximate surface area is 171 Å². The van der Waals surface area contributed by atoms with Crippen LogP contribution in [0.5, 0.6) is 11.5 Å². The van der Waals surface area contributed by atoms with Crippen LogP contribution < -0.4 is 14.3 Å². The molecule has 0 N–H and O–H groups in total. The fraction of sp³-hybridized carbons (Fsp3) is 0.190. The van der Waals surface area contributed by atoms with E-state index in [1.54, 1.807) is 42.5 Å². The summed E-state index contributed by atoms with van der Waals surface area (Å²) in [6, 6.07) is 10.1. The first-order valence-corrected chi connectivity index (χ1v) is 9.47. The van der Waals surface area contributed by atoms with Gasteiger partial charge in [0.1, 0.15) is 11.5 Å². The third kappa shape index (κ3) is 4.22. The first-order valence-electron chi connectivity index (χ1n) is 8.65. The van der Waals surface area contributed by atoms with E-state index in [1.807, 2.05) is 4.57 Å². The van der Waals surface area contributed by atoms with Gasteiger partial charge in [-0.3, -0.25) is 4.79 Å². The Kier molecular flexibility index (Phi) is 6.13. The minimum Gasteiger partial charge on any atom is -0.497 e. The van der Waals surface area contributed by atoms with Crippen LogP contribution in [0.2, 0.25) is 0 Å². The van der Waals surface area contributed by atoms with Crippen molar-refractivity contribution in [2.24, 2.45) is 4.99 Å². The van der Waals surface area contributed by atoms with E-state index < -0.39 is 11.9 Å². The number of hydrogen-bond donors (Lipinski definition) is 0. The summed E-state index contributed by atoms with van der Waals surface area (Å²) >= 11 is 1.31. The van der Waals surface area contributed by atoms with Gasteiger partial charge >= 0.3 is 5.97 Å². The molecule has 0 aliphatic carbocycles. The van der Waals surface area contributed by atoms with Crippen LogP contribution in [0.1, 0.15) is 20.7 Å². The maximum Gasteiger partial charge on any atom is 0.337 e. The second kappa shape index (κ2) is 8.74. The molecule has 29 heavy (non-hydrogen) atoms. The first kappa shape index (κ1) is 20.3. The van der Waals surface area contributed by atoms with E-state index in [-0.39, 0.29) is 0 Å². The number of aromatic nitrogens is 1. The minimum absolute atomic E-state index is 0.346. The Balaban J connectivity index is 2.13. The van der Waals surface area contributed by atoms with Gasteiger partial charge in [0, 0.05) is 18.2 Å². The lowest BCUT2D eigenvalue weighted by Crippen LogP contribution is -2.16. The molecule has 0 saturated carbocycles. The van der Waals surface area contributed by atoms with Gasteiger partial charge in [-0.1, -0.05) is 17.4 Å². The van der Waals surface area contributed by atoms with Crippen LogP contribution >= 0.6 is 11.3 Å². The van der Waals surface area contributed by atoms with Gasteiger partial charge in [-0.05, 0) is 30.3 Å². The predicted octanol–water partition coefficient (Wildman–Crippen LogP) is 3.43. The highest BCUT2D eigenvalue weighted by molar-refractivity contribution is 7.16. The first-order chi connectivity index (χ1) is 14.0. The van der Waals surface area contributed by atoms with E-state index in [0.717, 1.165) is 10.2 Å². The Morgan fingerprint density at radius 3 is 2.34 bits per heavy atom. The summed E-state index contributed by atoms with van der Waals surface area (Å²) in [5.74, 6) is 0.148. The van der Waals surface area contributed by atoms with Gasteiger partial charge in [-0.15, -0.1) is 6.58 Å². The second-order valence-electron chi connectivity index (χ2n) is 5.98. The molecule has 0 spiro atoms. The summed E-state index contributed by atoms with van der Waals surface area (Å²) in [7, 11) is 4.37. The number of carbonyl (C=O) groups excluding carboxylic acids is 2. The number of nitrogens with zero attached hydrogens (tertiary/aromatic N) is 2. The van der Waals surface area contributed by atoms with Gasteiger partial charge in [-0.2, -0.15) is 4.99 Å². The molecule has 0 fully saturated rings. The number of carbonyl (C=O) groups is 2. The molecule has 7 nitrogen and oxygen atoms in total. The molecule has 0 bridgehead atoms. The van der Waals surface area contributed by atoms with E-state index in [4.69, 9.17) is 14.2 Å². The summed E-state index contributed by atoms with van der Waals surface area (Å²) in [5.41, 5.74) is 1.62. The Bertz CT molecular complexity index is 1140. The monoisotopic (exact) mass is 412 g/mol. The predicted molar refractivity (Wildman–Crippen MR) is 111 cm³/mol. The lowest BCUT2D eigenvalue weighted by atomic mass is 10.2. The van der Waals surface area contributed by atoms with Crippen molar-refractivity contribution in [3.63, 3.8) is 0 Å². The van der Waals surface area contributed by atoms with Crippen molar-refractivity contribution in [1.82, 2.24) is 4.57 Å². The molecule has 2 aromatic carbocycles. The van der Waals surface area contributed by atoms with E-state index in [2.05, 4.69) is 11.6 Å². The largest absolute Gasteiger partial charge is 0.497 e. The van der Waals surface area contributed by atoms with E-state index in [1.165, 1.54) is 32.7 Å². The molecule has 0 aliphatic rings. The zero-order valence-corrected chi connectivity index (χ0v) is 17.1. The highest BCUT2D eigenvalue weighted by Crippen LogP contribution is 2.24. The molecule has 150 valence electrons. The third-order valence-electron chi connectivity index (χ3n) is 4.21. The lowest BCUT2D eigenvalue weighted by Gasteiger charge is -2.06. The molecule has 3 rings (SSSR count). The van der Waals surface area contributed by atoms with Crippen molar-refractivity contribution >= 4 is 33.4 Å². The molecule has 8 heteroatoms. The van der Waals surface area contributed by atoms with Crippen molar-refractivity contribution in [3.8, 4) is 11.5 Å². The van der Waals surface area contributed by atoms with E-state index in [9.17, 15) is 9.59 Å². The van der Waals surface area contributed by atoms with Gasteiger partial charge in [0.2, 0.25) is 0 Å². The number of rotatable bonds is 6. The number of allylic oxidation sites excluding steroid dienone is 1. The number of fused-ring (bicyclic) bond motifs is 1. The molecule has 1 heterocycles. The molecule has 1 aromatic heterocycles. The van der Waals surface area contributed by atoms with Crippen LogP contribution in [0.25, 0.3) is 10.2 Å². The number of hydrogen-bond acceptors (Lipinski definition) is 6. The van der Waals surface area contributed by atoms with Crippen molar-refractivity contribution in [2.45, 2.75) is 6.54 Å². The number of benzene rings is 2. The SMILES string of the molecule is C=CCn1c(=NC(=O)c2cc(OC)cc(OC)c2)sc2cc(C(=O)OC)ccc21. The number of amides is 1. The number of ether oxygens (including phenoxy) is 3. The maximum atomic E-state index is 12.8. The molecular formula is C21H20N2O5S. The van der Waals surface area contributed by atoms with Crippen molar-refractivity contribution in [2.75, 3.05) is 21.3 Å². The molecule has 0 unspecified atom stereocenters. The normalized spacial score (nSPS) is 11.3. The number of thiazole rings is 1. The number of methoxy groups -OCH3 is 3. The zero-order chi connectivity index (χ0) is 21.0. The zero-order valence-electron chi connectivity index (χ0n) is 16.3. The standard InChI is InChI=1S/C21H20N2O5S/c1-5-8-23-17-7-6-13(20(25)28-4)11-18(17)29-21(23)22-19(24)14-9-15(26-2)12-16(10-14)27-3/h5-7,9-12H,1,8H2,2-4H3. The average molecular weight is 412 g/mol. The fourth-order valence-electron chi connectivity index (χ4n) is 2.79. The second-order valence-corrected chi connectivity index (χ2v) is 6.99. The van der Waals surface area contributed by atoms with E-state index in [0.29, 0.717) is 34.0 Å². The summed E-state index contributed by atoms with van der Waals surface area (Å²) in [5, 5.41) is 0. The van der Waals surface area contributed by atoms with E-state index >= 15 is 0 Å². The van der Waals surface area contributed by atoms with Crippen molar-refractivity contribution < 1.29 is 23.8 Å². The average Bonchev–Trinajstić information content (AvgIpc) is 3.09. The topological polar surface area (TPSA) is 79.1 Å². The van der Waals surface area contributed by atoms with Crippen molar-refractivity contribution in [1.29, 1.82) is 0 Å². The molecule has 0 aliphatic heterocycles. The lowest BCUT2D eigenvalue weighted by molar-refractivity contribution is 0.0601. The summed E-state index contributed by atoms with van der Waals surface area (Å²) in [6.45, 7) is 4.24. The molecule has 0 atom stereocenters. The van der Waals surface area contributed by atoms with Crippen LogP contribution in [0.3, 0.4) is 0 Å². The summed E-state index contributed by atoms with van der Waals surface area (Å²) < 4.78 is 17.9. The van der Waals surface area contributed by atoms with Gasteiger partial charge in [0.05, 0.1) is 37.1 Å². The summed E-state index contributed by atoms with van der Waals surface area (Å²) in [6.07, 6.45) is 1.72. The van der Waals surface area contributed by atoms with Crippen LogP contribution in [0.4, 0.5) is 0 Å². The van der Waals surface area contributed by atoms with Crippen LogP contribution in [-0.4, -0.2) is 37.8 Å². The fourth-order valence-corrected chi connectivity index (χ4v) is 3.87. The quantitative estimate of drug-likeness (QED) is 0.458. The molecule has 0 saturated heterocycles. The van der Waals surface area contributed by atoms with Crippen LogP contribution in [0, 0.1) is 0 Å². The van der Waals surface area contributed by atoms with Crippen LogP contribution in [0.15, 0.2) is 54.0 Å². The smallest absolute Gasteiger partial charge is 0.337 e. The molecule has 0 radical (unpaired) electrons. The Morgan fingerprint density at radius 1 is 1.07 bits per heavy atom. The summed E-state index contributed by atoms with van der Waals surface area (Å²) in [4.78, 5) is 29.4. The highest BCUT2D eigenvalue weighted by atomic mass is 32.1. The molecular weight excluding hydrogens is 392 g/mol. The van der Waals surface area contributed by atoms with Gasteiger partial charge < -0.3 is 18.8 Å². The Hall–Kier alpha value is -3.39. The molecule has 1 amide bonds. The van der Waals surface area contributed by atoms with Gasteiger partial charge in [-0.25, -0.2) is 4.79 Å². The van der Waals surface area contributed by atoms with Gasteiger partial charge in [0.15, 0.2) is 4.80 Å². The van der Waals surface area contributed by atoms with Crippen LogP contribution in [-0.2, 0) is 11.3 Å². The molecule has 3 aromatic rings. The number of esters is 1. The highest BCUT2D eigenvalue weighted by Gasteiger charge is 2.13. The Morgan fingerprint density at radius 2 is 1.76 bits per heavy atom. The van der Waals surface area contributed by atoms with Gasteiger partial charge in [0.25, 0.3) is 5.91 Å².